The average Bonchev–Trinajstić information content (AvgIpc) is 2.93. The zero-order valence-electron chi connectivity index (χ0n) is 14.6. The molecule has 1 fully saturated rings. The molecule has 1 heterocycles. The third-order valence-corrected chi connectivity index (χ3v) is 6.00. The molecule has 0 unspecified atom stereocenters. The van der Waals surface area contributed by atoms with E-state index in [0.717, 1.165) is 11.1 Å². The highest BCUT2D eigenvalue weighted by molar-refractivity contribution is 9.10. The van der Waals surface area contributed by atoms with E-state index in [9.17, 15) is 4.79 Å². The lowest BCUT2D eigenvalue weighted by Crippen LogP contribution is -2.17. The summed E-state index contributed by atoms with van der Waals surface area (Å²) in [6.45, 7) is 2.60. The molecule has 0 aromatic heterocycles. The van der Waals surface area contributed by atoms with Gasteiger partial charge < -0.3 is 14.8 Å². The Balaban J connectivity index is 1.87. The Morgan fingerprint density at radius 1 is 1.25 bits per heavy atom. The van der Waals surface area contributed by atoms with Crippen LogP contribution in [-0.4, -0.2) is 16.8 Å². The molecule has 28 heavy (non-hydrogen) atoms. The molecule has 0 radical (unpaired) electrons. The Bertz CT molecular complexity index is 982. The van der Waals surface area contributed by atoms with Crippen molar-refractivity contribution in [3.8, 4) is 11.5 Å². The Hall–Kier alpha value is -1.25. The van der Waals surface area contributed by atoms with E-state index in [0.29, 0.717) is 41.8 Å². The van der Waals surface area contributed by atoms with Gasteiger partial charge in [-0.2, -0.15) is 0 Å². The summed E-state index contributed by atoms with van der Waals surface area (Å²) in [7, 11) is 0. The molecule has 2 aromatic carbocycles. The molecule has 0 aliphatic carbocycles. The number of hydrogen-bond donors (Lipinski definition) is 1. The van der Waals surface area contributed by atoms with Gasteiger partial charge in [0.2, 0.25) is 0 Å². The van der Waals surface area contributed by atoms with E-state index in [2.05, 4.69) is 21.2 Å². The van der Waals surface area contributed by atoms with Crippen molar-refractivity contribution < 1.29 is 14.3 Å². The molecule has 0 saturated carbocycles. The van der Waals surface area contributed by atoms with E-state index in [1.54, 1.807) is 18.2 Å². The highest BCUT2D eigenvalue weighted by Crippen LogP contribution is 2.39. The molecular weight excluding hydrogens is 505 g/mol. The summed E-state index contributed by atoms with van der Waals surface area (Å²) in [5.74, 6) is 0.899. The largest absolute Gasteiger partial charge is 0.490 e. The van der Waals surface area contributed by atoms with Crippen LogP contribution in [0.2, 0.25) is 10.0 Å². The Morgan fingerprint density at radius 3 is 2.68 bits per heavy atom. The normalized spacial score (nSPS) is 15.1. The van der Waals surface area contributed by atoms with Gasteiger partial charge in [0.05, 0.1) is 16.0 Å². The van der Waals surface area contributed by atoms with Crippen LogP contribution in [0.3, 0.4) is 0 Å². The summed E-state index contributed by atoms with van der Waals surface area (Å²) in [6.07, 6.45) is 1.76. The quantitative estimate of drug-likeness (QED) is 0.363. The summed E-state index contributed by atoms with van der Waals surface area (Å²) in [5, 5.41) is 3.69. The van der Waals surface area contributed by atoms with Crippen molar-refractivity contribution in [2.24, 2.45) is 0 Å². The molecule has 3 rings (SSSR count). The van der Waals surface area contributed by atoms with E-state index in [1.165, 1.54) is 11.8 Å². The molecule has 0 bridgehead atoms. The third kappa shape index (κ3) is 5.21. The number of carbonyl (C=O) groups is 1. The van der Waals surface area contributed by atoms with Gasteiger partial charge in [0, 0.05) is 15.6 Å². The molecule has 1 aliphatic rings. The lowest BCUT2D eigenvalue weighted by atomic mass is 10.1. The van der Waals surface area contributed by atoms with E-state index >= 15 is 0 Å². The number of thioether (sulfide) groups is 1. The lowest BCUT2D eigenvalue weighted by Gasteiger charge is -2.15. The highest BCUT2D eigenvalue weighted by atomic mass is 79.9. The number of hydrogen-bond acceptors (Lipinski definition) is 5. The number of thiocarbonyl (C=S) groups is 1. The molecule has 2 aromatic rings. The minimum absolute atomic E-state index is 0.207. The number of nitrogens with one attached hydrogen (secondary N) is 1. The standard InChI is InChI=1S/C19H14BrCl2NO3S2/c1-2-25-15-6-10(7-16-18(24)23-19(27)28-16)5-13(20)17(15)26-9-11-3-4-12(21)8-14(11)22/h3-8H,2,9H2,1H3,(H,23,24,27). The van der Waals surface area contributed by atoms with Gasteiger partial charge in [0.15, 0.2) is 11.5 Å². The van der Waals surface area contributed by atoms with Crippen LogP contribution in [0.25, 0.3) is 6.08 Å². The maximum absolute atomic E-state index is 11.9. The fraction of sp³-hybridized carbons (Fsp3) is 0.158. The fourth-order valence-corrected chi connectivity index (χ4v) is 4.52. The zero-order valence-corrected chi connectivity index (χ0v) is 19.3. The van der Waals surface area contributed by atoms with E-state index in [1.807, 2.05) is 25.1 Å². The Labute approximate surface area is 190 Å². The summed E-state index contributed by atoms with van der Waals surface area (Å²) in [5.41, 5.74) is 1.59. The first-order valence-corrected chi connectivity index (χ1v) is 10.9. The molecular formula is C19H14BrCl2NO3S2. The van der Waals surface area contributed by atoms with E-state index < -0.39 is 0 Å². The maximum Gasteiger partial charge on any atom is 0.263 e. The van der Waals surface area contributed by atoms with Crippen LogP contribution in [0.15, 0.2) is 39.7 Å². The van der Waals surface area contributed by atoms with Crippen LogP contribution in [0, 0.1) is 0 Å². The summed E-state index contributed by atoms with van der Waals surface area (Å²) >= 11 is 21.9. The van der Waals surface area contributed by atoms with Gasteiger partial charge in [0.1, 0.15) is 10.9 Å². The summed E-state index contributed by atoms with van der Waals surface area (Å²) in [6, 6.07) is 8.91. The smallest absolute Gasteiger partial charge is 0.263 e. The van der Waals surface area contributed by atoms with Gasteiger partial charge >= 0.3 is 0 Å². The number of amides is 1. The SMILES string of the molecule is CCOc1cc(C=C2SC(=S)NC2=O)cc(Br)c1OCc1ccc(Cl)cc1Cl. The van der Waals surface area contributed by atoms with Crippen LogP contribution >= 0.6 is 63.1 Å². The van der Waals surface area contributed by atoms with Gasteiger partial charge in [-0.15, -0.1) is 0 Å². The third-order valence-electron chi connectivity index (χ3n) is 3.66. The Kier molecular flexibility index (Phi) is 7.28. The Morgan fingerprint density at radius 2 is 2.04 bits per heavy atom. The van der Waals surface area contributed by atoms with Crippen LogP contribution in [0.1, 0.15) is 18.1 Å². The van der Waals surface area contributed by atoms with Crippen molar-refractivity contribution in [2.45, 2.75) is 13.5 Å². The molecule has 4 nitrogen and oxygen atoms in total. The van der Waals surface area contributed by atoms with Gasteiger partial charge in [0.25, 0.3) is 5.91 Å². The van der Waals surface area contributed by atoms with Gasteiger partial charge in [-0.1, -0.05) is 53.2 Å². The van der Waals surface area contributed by atoms with Crippen molar-refractivity contribution >= 4 is 79.4 Å². The second kappa shape index (κ2) is 9.50. The molecule has 9 heteroatoms. The molecule has 1 amide bonds. The van der Waals surface area contributed by atoms with E-state index in [-0.39, 0.29) is 12.5 Å². The number of carbonyl (C=O) groups excluding carboxylic acids is 1. The van der Waals surface area contributed by atoms with Crippen LogP contribution < -0.4 is 14.8 Å². The van der Waals surface area contributed by atoms with Crippen LogP contribution in [0.4, 0.5) is 0 Å². The monoisotopic (exact) mass is 517 g/mol. The van der Waals surface area contributed by atoms with Crippen molar-refractivity contribution in [3.05, 3.63) is 60.9 Å². The van der Waals surface area contributed by atoms with E-state index in [4.69, 9.17) is 44.9 Å². The highest BCUT2D eigenvalue weighted by Gasteiger charge is 2.22. The second-order valence-electron chi connectivity index (χ2n) is 5.64. The van der Waals surface area contributed by atoms with Gasteiger partial charge in [-0.05, 0) is 58.8 Å². The predicted octanol–water partition coefficient (Wildman–Crippen LogP) is 6.22. The number of rotatable bonds is 6. The lowest BCUT2D eigenvalue weighted by molar-refractivity contribution is -0.115. The zero-order chi connectivity index (χ0) is 20.3. The van der Waals surface area contributed by atoms with Crippen LogP contribution in [0.5, 0.6) is 11.5 Å². The number of halogens is 3. The summed E-state index contributed by atoms with van der Waals surface area (Å²) < 4.78 is 12.8. The first kappa shape index (κ1) is 21.5. The molecule has 1 saturated heterocycles. The van der Waals surface area contributed by atoms with Crippen molar-refractivity contribution in [3.63, 3.8) is 0 Å². The summed E-state index contributed by atoms with van der Waals surface area (Å²) in [4.78, 5) is 12.4. The van der Waals surface area contributed by atoms with Crippen LogP contribution in [-0.2, 0) is 11.4 Å². The molecule has 0 atom stereocenters. The maximum atomic E-state index is 11.9. The fourth-order valence-electron chi connectivity index (χ4n) is 2.44. The minimum atomic E-state index is -0.207. The molecule has 1 N–H and O–H groups in total. The molecule has 1 aliphatic heterocycles. The molecule has 0 spiro atoms. The predicted molar refractivity (Wildman–Crippen MR) is 122 cm³/mol. The molecule has 146 valence electrons. The van der Waals surface area contributed by atoms with Gasteiger partial charge in [-0.3, -0.25) is 4.79 Å². The van der Waals surface area contributed by atoms with Crippen molar-refractivity contribution in [1.29, 1.82) is 0 Å². The van der Waals surface area contributed by atoms with Crippen molar-refractivity contribution in [1.82, 2.24) is 5.32 Å². The van der Waals surface area contributed by atoms with Gasteiger partial charge in [-0.25, -0.2) is 0 Å². The first-order chi connectivity index (χ1) is 13.4. The topological polar surface area (TPSA) is 47.6 Å². The minimum Gasteiger partial charge on any atom is -0.490 e. The number of benzene rings is 2. The average molecular weight is 519 g/mol. The van der Waals surface area contributed by atoms with Crippen molar-refractivity contribution in [2.75, 3.05) is 6.61 Å². The first-order valence-electron chi connectivity index (χ1n) is 8.15. The number of ether oxygens (including phenoxy) is 2. The second-order valence-corrected chi connectivity index (χ2v) is 9.06.